The van der Waals surface area contributed by atoms with E-state index < -0.39 is 0 Å². The van der Waals surface area contributed by atoms with Crippen LogP contribution in [0.15, 0.2) is 35.2 Å². The first-order chi connectivity index (χ1) is 10.3. The number of fused-ring (bicyclic) bond motifs is 1. The third-order valence-electron chi connectivity index (χ3n) is 4.89. The first-order valence-electron chi connectivity index (χ1n) is 7.77. The van der Waals surface area contributed by atoms with E-state index in [4.69, 9.17) is 4.42 Å². The fourth-order valence-electron chi connectivity index (χ4n) is 3.95. The molecule has 2 aromatic rings. The summed E-state index contributed by atoms with van der Waals surface area (Å²) in [4.78, 5) is 5.22. The maximum Gasteiger partial charge on any atom is 0.117 e. The summed E-state index contributed by atoms with van der Waals surface area (Å²) in [5.41, 5.74) is 1.32. The van der Waals surface area contributed by atoms with E-state index >= 15 is 0 Å². The van der Waals surface area contributed by atoms with E-state index in [9.17, 15) is 0 Å². The molecule has 0 spiro atoms. The van der Waals surface area contributed by atoms with Gasteiger partial charge in [-0.3, -0.25) is 14.5 Å². The minimum atomic E-state index is 0.687. The topological polar surface area (TPSA) is 37.4 Å². The zero-order chi connectivity index (χ0) is 14.2. The third kappa shape index (κ3) is 2.51. The van der Waals surface area contributed by atoms with Crippen LogP contribution in [0.2, 0.25) is 0 Å². The van der Waals surface area contributed by atoms with Gasteiger partial charge in [0.2, 0.25) is 0 Å². The average molecular weight is 286 g/mol. The number of furan rings is 1. The largest absolute Gasteiger partial charge is 0.468 e. The maximum absolute atomic E-state index is 5.50. The van der Waals surface area contributed by atoms with Gasteiger partial charge in [-0.1, -0.05) is 0 Å². The Morgan fingerprint density at radius 3 is 2.57 bits per heavy atom. The monoisotopic (exact) mass is 286 g/mol. The summed E-state index contributed by atoms with van der Waals surface area (Å²) >= 11 is 0. The molecule has 2 aromatic heterocycles. The summed E-state index contributed by atoms with van der Waals surface area (Å²) in [7, 11) is 1.98. The van der Waals surface area contributed by atoms with E-state index in [0.29, 0.717) is 12.1 Å². The highest BCUT2D eigenvalue weighted by molar-refractivity contribution is 5.08. The Hall–Kier alpha value is -1.59. The van der Waals surface area contributed by atoms with Crippen molar-refractivity contribution in [1.29, 1.82) is 0 Å². The maximum atomic E-state index is 5.50. The second kappa shape index (κ2) is 5.31. The summed E-state index contributed by atoms with van der Waals surface area (Å²) in [6.07, 6.45) is 8.43. The highest BCUT2D eigenvalue weighted by Crippen LogP contribution is 2.33. The summed E-state index contributed by atoms with van der Waals surface area (Å²) in [5.74, 6) is 1.08. The van der Waals surface area contributed by atoms with E-state index in [2.05, 4.69) is 27.2 Å². The van der Waals surface area contributed by atoms with Crippen molar-refractivity contribution in [1.82, 2.24) is 19.6 Å². The summed E-state index contributed by atoms with van der Waals surface area (Å²) in [5, 5.41) is 4.28. The molecule has 4 heterocycles. The molecule has 21 heavy (non-hydrogen) atoms. The molecular weight excluding hydrogens is 264 g/mol. The van der Waals surface area contributed by atoms with Crippen LogP contribution in [0.3, 0.4) is 0 Å². The summed E-state index contributed by atoms with van der Waals surface area (Å²) in [6.45, 7) is 4.36. The molecule has 0 N–H and O–H groups in total. The van der Waals surface area contributed by atoms with E-state index in [0.717, 1.165) is 18.8 Å². The Kier molecular flexibility index (Phi) is 3.31. The zero-order valence-corrected chi connectivity index (χ0v) is 12.5. The number of aromatic nitrogens is 2. The Labute approximate surface area is 125 Å². The number of nitrogens with zero attached hydrogens (tertiary/aromatic N) is 4. The third-order valence-corrected chi connectivity index (χ3v) is 4.89. The molecule has 0 saturated carbocycles. The molecule has 2 atom stereocenters. The predicted molar refractivity (Wildman–Crippen MR) is 79.5 cm³/mol. The Morgan fingerprint density at radius 2 is 1.95 bits per heavy atom. The Balaban J connectivity index is 1.41. The Bertz CT molecular complexity index is 591. The fourth-order valence-corrected chi connectivity index (χ4v) is 3.95. The van der Waals surface area contributed by atoms with E-state index in [1.807, 2.05) is 24.0 Å². The van der Waals surface area contributed by atoms with Gasteiger partial charge in [-0.2, -0.15) is 5.10 Å². The summed E-state index contributed by atoms with van der Waals surface area (Å²) in [6, 6.07) is 5.44. The Morgan fingerprint density at radius 1 is 1.19 bits per heavy atom. The normalized spacial score (nSPS) is 26.5. The molecule has 0 unspecified atom stereocenters. The van der Waals surface area contributed by atoms with Crippen LogP contribution in [-0.4, -0.2) is 44.8 Å². The van der Waals surface area contributed by atoms with Gasteiger partial charge in [0.1, 0.15) is 5.76 Å². The SMILES string of the molecule is Cn1cc(CN2CC[C@@H]3[C@@H]2CCN3Cc2ccco2)cn1. The van der Waals surface area contributed by atoms with Gasteiger partial charge in [-0.05, 0) is 25.0 Å². The van der Waals surface area contributed by atoms with Crippen molar-refractivity contribution in [2.24, 2.45) is 7.05 Å². The molecule has 2 saturated heterocycles. The van der Waals surface area contributed by atoms with E-state index in [-0.39, 0.29) is 0 Å². The zero-order valence-electron chi connectivity index (χ0n) is 12.5. The van der Waals surface area contributed by atoms with Gasteiger partial charge < -0.3 is 4.42 Å². The van der Waals surface area contributed by atoms with Crippen LogP contribution in [0.4, 0.5) is 0 Å². The van der Waals surface area contributed by atoms with Gasteiger partial charge in [0.25, 0.3) is 0 Å². The van der Waals surface area contributed by atoms with Crippen molar-refractivity contribution in [2.75, 3.05) is 13.1 Å². The quantitative estimate of drug-likeness (QED) is 0.860. The molecule has 0 aliphatic carbocycles. The van der Waals surface area contributed by atoms with Gasteiger partial charge in [0.05, 0.1) is 19.0 Å². The lowest BCUT2D eigenvalue weighted by Gasteiger charge is -2.24. The van der Waals surface area contributed by atoms with Crippen molar-refractivity contribution in [3.8, 4) is 0 Å². The lowest BCUT2D eigenvalue weighted by atomic mass is 10.1. The minimum Gasteiger partial charge on any atom is -0.468 e. The molecule has 0 aromatic carbocycles. The molecule has 2 aliphatic rings. The standard InChI is InChI=1S/C16H22N4O/c1-18-10-13(9-17-18)11-19-6-4-16-15(19)5-7-20(16)12-14-3-2-8-21-14/h2-3,8-10,15-16H,4-7,11-12H2,1H3/t15-,16+/m0/s1. The number of likely N-dealkylation sites (tertiary alicyclic amines) is 2. The molecule has 0 amide bonds. The molecular formula is C16H22N4O. The number of hydrogen-bond acceptors (Lipinski definition) is 4. The van der Waals surface area contributed by atoms with Crippen LogP contribution in [0, 0.1) is 0 Å². The smallest absolute Gasteiger partial charge is 0.117 e. The van der Waals surface area contributed by atoms with Crippen molar-refractivity contribution < 1.29 is 4.42 Å². The van der Waals surface area contributed by atoms with Gasteiger partial charge >= 0.3 is 0 Å². The van der Waals surface area contributed by atoms with Gasteiger partial charge in [0.15, 0.2) is 0 Å². The number of aryl methyl sites for hydroxylation is 1. The molecule has 2 aliphatic heterocycles. The van der Waals surface area contributed by atoms with Crippen LogP contribution in [-0.2, 0) is 20.1 Å². The van der Waals surface area contributed by atoms with Crippen LogP contribution in [0.25, 0.3) is 0 Å². The van der Waals surface area contributed by atoms with Crippen LogP contribution in [0.1, 0.15) is 24.2 Å². The van der Waals surface area contributed by atoms with Crippen molar-refractivity contribution in [3.63, 3.8) is 0 Å². The van der Waals surface area contributed by atoms with Crippen LogP contribution < -0.4 is 0 Å². The number of hydrogen-bond donors (Lipinski definition) is 0. The van der Waals surface area contributed by atoms with Gasteiger partial charge in [-0.15, -0.1) is 0 Å². The van der Waals surface area contributed by atoms with Gasteiger partial charge in [-0.25, -0.2) is 0 Å². The molecule has 4 rings (SSSR count). The molecule has 0 bridgehead atoms. The van der Waals surface area contributed by atoms with E-state index in [1.54, 1.807) is 6.26 Å². The highest BCUT2D eigenvalue weighted by Gasteiger charge is 2.42. The summed E-state index contributed by atoms with van der Waals surface area (Å²) < 4.78 is 7.39. The van der Waals surface area contributed by atoms with Crippen molar-refractivity contribution >= 4 is 0 Å². The molecule has 5 heteroatoms. The minimum absolute atomic E-state index is 0.687. The lowest BCUT2D eigenvalue weighted by molar-refractivity contribution is 0.203. The average Bonchev–Trinajstić information content (AvgIpc) is 3.20. The van der Waals surface area contributed by atoms with Crippen LogP contribution >= 0.6 is 0 Å². The lowest BCUT2D eigenvalue weighted by Crippen LogP contribution is -2.35. The first-order valence-corrected chi connectivity index (χ1v) is 7.77. The van der Waals surface area contributed by atoms with Gasteiger partial charge in [0, 0.05) is 50.5 Å². The second-order valence-electron chi connectivity index (χ2n) is 6.25. The van der Waals surface area contributed by atoms with Crippen LogP contribution in [0.5, 0.6) is 0 Å². The molecule has 0 radical (unpaired) electrons. The fraction of sp³-hybridized carbons (Fsp3) is 0.562. The molecule has 112 valence electrons. The van der Waals surface area contributed by atoms with Crippen molar-refractivity contribution in [2.45, 2.75) is 38.0 Å². The second-order valence-corrected chi connectivity index (χ2v) is 6.25. The first kappa shape index (κ1) is 13.1. The molecule has 2 fully saturated rings. The number of rotatable bonds is 4. The molecule has 5 nitrogen and oxygen atoms in total. The predicted octanol–water partition coefficient (Wildman–Crippen LogP) is 1.86. The highest BCUT2D eigenvalue weighted by atomic mass is 16.3. The van der Waals surface area contributed by atoms with E-state index in [1.165, 1.54) is 31.5 Å². The van der Waals surface area contributed by atoms with Crippen molar-refractivity contribution in [3.05, 3.63) is 42.1 Å².